The van der Waals surface area contributed by atoms with Crippen LogP contribution in [0.3, 0.4) is 0 Å². The van der Waals surface area contributed by atoms with Crippen LogP contribution in [0.5, 0.6) is 0 Å². The molecular formula is C71H139N13O10S. The minimum Gasteiger partial charge on any atom is -0.394 e. The van der Waals surface area contributed by atoms with E-state index in [-0.39, 0.29) is 74.3 Å². The van der Waals surface area contributed by atoms with Crippen LogP contribution in [0.4, 0.5) is 0 Å². The van der Waals surface area contributed by atoms with Gasteiger partial charge in [-0.05, 0) is 122 Å². The number of primary amides is 1. The zero-order chi connectivity index (χ0) is 70.4. The molecule has 95 heavy (non-hydrogen) atoms. The Kier molecular flexibility index (Phi) is 61.0. The summed E-state index contributed by atoms with van der Waals surface area (Å²) in [5.41, 5.74) is 28.7. The predicted octanol–water partition coefficient (Wildman–Crippen LogP) is 7.77. The second-order valence-corrected chi connectivity index (χ2v) is 27.2. The zero-order valence-corrected chi connectivity index (χ0v) is 60.5. The van der Waals surface area contributed by atoms with E-state index in [2.05, 4.69) is 63.3 Å². The fourth-order valence-corrected chi connectivity index (χ4v) is 12.4. The van der Waals surface area contributed by atoms with Crippen molar-refractivity contribution in [2.75, 3.05) is 50.8 Å². The van der Waals surface area contributed by atoms with Crippen molar-refractivity contribution in [2.24, 2.45) is 28.7 Å². The van der Waals surface area contributed by atoms with Crippen molar-refractivity contribution in [1.29, 1.82) is 0 Å². The second-order valence-electron chi connectivity index (χ2n) is 26.1. The van der Waals surface area contributed by atoms with Crippen molar-refractivity contribution in [2.45, 2.75) is 346 Å². The molecule has 554 valence electrons. The van der Waals surface area contributed by atoms with Crippen molar-refractivity contribution in [1.82, 2.24) is 42.5 Å². The molecule has 23 nitrogen and oxygen atoms in total. The average Bonchev–Trinajstić information content (AvgIpc) is 1.12. The summed E-state index contributed by atoms with van der Waals surface area (Å²) in [7, 11) is 0. The molecule has 0 fully saturated rings. The number of carbonyl (C=O) groups excluding carboxylic acids is 9. The van der Waals surface area contributed by atoms with Crippen LogP contribution in [0.1, 0.15) is 303 Å². The molecular weight excluding hydrogens is 1230 g/mol. The number of carbonyl (C=O) groups is 9. The standard InChI is InChI=1S/C71H139N13O10S/c1-4-7-10-13-16-19-21-23-25-28-31-46-63(86)78-61(66(89)77-52-41-30-27-18-15-12-9-6-3)54-95-55-62(79-64(87)47-32-29-26-24-22-20-17-14-11-8-5-2)71(94)84-60(53-85)70(93)83-59(45-36-40-51-75)69(92)82-58(44-35-39-50-74)68(91)81-57(43-34-38-49-73)67(90)80-56(65(76)88)42-33-37-48-72/h56-62,85H,4-55,72-75H2,1-3H3,(H2,76,88)(H,77,89)(H,78,86)(H,79,87)(H,80,90)(H,81,91)(H,82,92)(H,83,93)(H,84,94)/t56-,57-,58-,59-,60-,61-,62-/m0/s1. The Bertz CT molecular complexity index is 2000. The maximum absolute atomic E-state index is 14.4. The Morgan fingerprint density at radius 2 is 0.568 bits per heavy atom. The normalized spacial score (nSPS) is 13.5. The van der Waals surface area contributed by atoms with Crippen LogP contribution in [0.2, 0.25) is 0 Å². The third kappa shape index (κ3) is 50.4. The van der Waals surface area contributed by atoms with Gasteiger partial charge in [-0.15, -0.1) is 0 Å². The molecule has 0 rings (SSSR count). The van der Waals surface area contributed by atoms with Gasteiger partial charge in [-0.25, -0.2) is 0 Å². The van der Waals surface area contributed by atoms with Crippen LogP contribution in [-0.4, -0.2) is 151 Å². The Balaban J connectivity index is 6.67. The quantitative estimate of drug-likeness (QED) is 0.0259. The number of aliphatic hydroxyl groups is 1. The molecule has 0 aliphatic heterocycles. The summed E-state index contributed by atoms with van der Waals surface area (Å²) in [6.07, 6.45) is 38.2. The lowest BCUT2D eigenvalue weighted by Gasteiger charge is -2.27. The maximum Gasteiger partial charge on any atom is 0.245 e. The molecule has 0 radical (unpaired) electrons. The molecule has 0 aliphatic carbocycles. The van der Waals surface area contributed by atoms with E-state index >= 15 is 0 Å². The highest BCUT2D eigenvalue weighted by molar-refractivity contribution is 7.99. The first kappa shape index (κ1) is 90.4. The number of nitrogens with one attached hydrogen (secondary N) is 8. The fourth-order valence-electron chi connectivity index (χ4n) is 11.3. The van der Waals surface area contributed by atoms with Crippen molar-refractivity contribution >= 4 is 64.9 Å². The van der Waals surface area contributed by atoms with Gasteiger partial charge in [-0.1, -0.05) is 194 Å². The Morgan fingerprint density at radius 1 is 0.305 bits per heavy atom. The molecule has 7 atom stereocenters. The molecule has 0 aromatic rings. The van der Waals surface area contributed by atoms with Gasteiger partial charge in [0.2, 0.25) is 53.2 Å². The molecule has 9 amide bonds. The summed E-state index contributed by atoms with van der Waals surface area (Å²) in [5.74, 6) is -5.49. The van der Waals surface area contributed by atoms with E-state index in [9.17, 15) is 48.3 Å². The number of aliphatic hydroxyl groups excluding tert-OH is 1. The van der Waals surface area contributed by atoms with E-state index in [1.165, 1.54) is 121 Å². The van der Waals surface area contributed by atoms with Crippen molar-refractivity contribution in [3.8, 4) is 0 Å². The van der Waals surface area contributed by atoms with Gasteiger partial charge < -0.3 is 76.3 Å². The van der Waals surface area contributed by atoms with Crippen LogP contribution in [0.15, 0.2) is 0 Å². The van der Waals surface area contributed by atoms with Gasteiger partial charge in [0, 0.05) is 30.9 Å². The molecule has 0 aliphatic rings. The third-order valence-corrected chi connectivity index (χ3v) is 18.5. The zero-order valence-electron chi connectivity index (χ0n) is 59.7. The number of rotatable bonds is 68. The first-order valence-corrected chi connectivity index (χ1v) is 38.9. The van der Waals surface area contributed by atoms with Gasteiger partial charge in [-0.2, -0.15) is 11.8 Å². The Labute approximate surface area is 578 Å². The fraction of sp³-hybridized carbons (Fsp3) is 0.873. The summed E-state index contributed by atoms with van der Waals surface area (Å²) in [6, 6.07) is -8.44. The van der Waals surface area contributed by atoms with Crippen LogP contribution in [0, 0.1) is 0 Å². The minimum atomic E-state index is -1.61. The van der Waals surface area contributed by atoms with Crippen LogP contribution >= 0.6 is 11.8 Å². The molecule has 0 heterocycles. The lowest BCUT2D eigenvalue weighted by atomic mass is 10.0. The summed E-state index contributed by atoms with van der Waals surface area (Å²) < 4.78 is 0. The summed E-state index contributed by atoms with van der Waals surface area (Å²) in [6.45, 7) is 7.48. The number of hydrogen-bond donors (Lipinski definition) is 14. The lowest BCUT2D eigenvalue weighted by molar-refractivity contribution is -0.136. The van der Waals surface area contributed by atoms with E-state index in [4.69, 9.17) is 28.7 Å². The van der Waals surface area contributed by atoms with Crippen molar-refractivity contribution in [3.05, 3.63) is 0 Å². The maximum atomic E-state index is 14.4. The molecule has 0 saturated heterocycles. The molecule has 0 unspecified atom stereocenters. The Hall–Kier alpha value is -4.62. The van der Waals surface area contributed by atoms with Gasteiger partial charge in [0.05, 0.1) is 6.61 Å². The van der Waals surface area contributed by atoms with Gasteiger partial charge in [-0.3, -0.25) is 43.2 Å². The molecule has 19 N–H and O–H groups in total. The molecule has 0 bridgehead atoms. The number of amides is 9. The molecule has 0 saturated carbocycles. The lowest BCUT2D eigenvalue weighted by Crippen LogP contribution is -2.60. The largest absolute Gasteiger partial charge is 0.394 e. The van der Waals surface area contributed by atoms with E-state index in [0.29, 0.717) is 90.4 Å². The SMILES string of the molecule is CCCCCCCCCCCCCC(=O)N[C@@H](CSC[C@H](NC(=O)CCCCCCCCCCCCC)C(=O)N[C@@H](CO)C(=O)N[C@@H](CCCCN)C(=O)N[C@@H](CCCCN)C(=O)N[C@@H](CCCCN)C(=O)N[C@@H](CCCCN)C(N)=O)C(=O)NCCCCCCCCCC. The van der Waals surface area contributed by atoms with Gasteiger partial charge in [0.25, 0.3) is 0 Å². The highest BCUT2D eigenvalue weighted by atomic mass is 32.2. The first-order chi connectivity index (χ1) is 46.1. The minimum absolute atomic E-state index is 0.0544. The third-order valence-electron chi connectivity index (χ3n) is 17.4. The Morgan fingerprint density at radius 3 is 0.884 bits per heavy atom. The van der Waals surface area contributed by atoms with Gasteiger partial charge in [0.15, 0.2) is 0 Å². The highest BCUT2D eigenvalue weighted by Gasteiger charge is 2.34. The molecule has 0 aromatic carbocycles. The summed E-state index contributed by atoms with van der Waals surface area (Å²) >= 11 is 1.19. The highest BCUT2D eigenvalue weighted by Crippen LogP contribution is 2.17. The molecule has 0 spiro atoms. The molecule has 0 aromatic heterocycles. The van der Waals surface area contributed by atoms with E-state index < -0.39 is 84.3 Å². The number of nitrogens with two attached hydrogens (primary N) is 5. The molecule has 24 heteroatoms. The average molecular weight is 1370 g/mol. The van der Waals surface area contributed by atoms with Gasteiger partial charge in [0.1, 0.15) is 42.3 Å². The van der Waals surface area contributed by atoms with Crippen LogP contribution in [-0.2, 0) is 43.2 Å². The van der Waals surface area contributed by atoms with Crippen LogP contribution in [0.25, 0.3) is 0 Å². The summed E-state index contributed by atoms with van der Waals surface area (Å²) in [4.78, 5) is 124. The van der Waals surface area contributed by atoms with E-state index in [0.717, 1.165) is 70.6 Å². The van der Waals surface area contributed by atoms with E-state index in [1.54, 1.807) is 0 Å². The van der Waals surface area contributed by atoms with E-state index in [1.807, 2.05) is 0 Å². The monoisotopic (exact) mass is 1370 g/mol. The smallest absolute Gasteiger partial charge is 0.245 e. The number of unbranched alkanes of at least 4 members (excludes halogenated alkanes) is 31. The van der Waals surface area contributed by atoms with Crippen LogP contribution < -0.4 is 71.2 Å². The van der Waals surface area contributed by atoms with Crippen molar-refractivity contribution in [3.63, 3.8) is 0 Å². The number of thioether (sulfide) groups is 1. The first-order valence-electron chi connectivity index (χ1n) is 37.7. The summed E-state index contributed by atoms with van der Waals surface area (Å²) in [5, 5.41) is 33.1. The second kappa shape index (κ2) is 64.1. The van der Waals surface area contributed by atoms with Gasteiger partial charge >= 0.3 is 0 Å². The predicted molar refractivity (Wildman–Crippen MR) is 387 cm³/mol. The number of hydrogen-bond acceptors (Lipinski definition) is 15. The van der Waals surface area contributed by atoms with Crippen molar-refractivity contribution < 1.29 is 48.3 Å². The topological polar surface area (TPSA) is 400 Å².